The van der Waals surface area contributed by atoms with Gasteiger partial charge in [-0.15, -0.1) is 0 Å². The van der Waals surface area contributed by atoms with Gasteiger partial charge in [-0.2, -0.15) is 0 Å². The number of aliphatic carboxylic acids is 1. The van der Waals surface area contributed by atoms with E-state index in [1.54, 1.807) is 28.8 Å². The molecule has 2 N–H and O–H groups in total. The molecule has 6 rings (SSSR count). The van der Waals surface area contributed by atoms with E-state index in [2.05, 4.69) is 10.3 Å². The van der Waals surface area contributed by atoms with E-state index in [1.807, 2.05) is 0 Å². The average Bonchev–Trinajstić information content (AvgIpc) is 3.68. The molecule has 0 saturated heterocycles. The summed E-state index contributed by atoms with van der Waals surface area (Å²) in [6.45, 7) is 0. The number of ether oxygens (including phenoxy) is 1. The third-order valence-electron chi connectivity index (χ3n) is 8.08. The fourth-order valence-electron chi connectivity index (χ4n) is 5.73. The summed E-state index contributed by atoms with van der Waals surface area (Å²) in [7, 11) is 0. The molecule has 1 heterocycles. The molecule has 2 saturated carbocycles. The molecule has 2 aliphatic carbocycles. The van der Waals surface area contributed by atoms with Crippen LogP contribution >= 0.6 is 11.6 Å². The smallest absolute Gasteiger partial charge is 0.348 e. The Morgan fingerprint density at radius 2 is 1.67 bits per heavy atom. The van der Waals surface area contributed by atoms with Crippen LogP contribution in [-0.2, 0) is 9.59 Å². The highest BCUT2D eigenvalue weighted by Crippen LogP contribution is 2.42. The highest BCUT2D eigenvalue weighted by atomic mass is 35.5. The van der Waals surface area contributed by atoms with Gasteiger partial charge in [0.05, 0.1) is 16.7 Å². The summed E-state index contributed by atoms with van der Waals surface area (Å²) in [4.78, 5) is 30.2. The topological polar surface area (TPSA) is 93.5 Å². The molecule has 0 aliphatic heterocycles. The first-order valence-electron chi connectivity index (χ1n) is 13.8. The number of carboxylic acid groups (broad SMARTS) is 1. The van der Waals surface area contributed by atoms with Crippen molar-refractivity contribution in [3.63, 3.8) is 0 Å². The van der Waals surface area contributed by atoms with Gasteiger partial charge >= 0.3 is 5.97 Å². The van der Waals surface area contributed by atoms with Gasteiger partial charge in [0.25, 0.3) is 0 Å². The summed E-state index contributed by atoms with van der Waals surface area (Å²) in [5, 5.41) is 12.5. The number of carbonyl (C=O) groups is 2. The van der Waals surface area contributed by atoms with Crippen LogP contribution in [0.4, 0.5) is 18.9 Å². The highest BCUT2D eigenvalue weighted by molar-refractivity contribution is 6.30. The van der Waals surface area contributed by atoms with Crippen LogP contribution in [0.1, 0.15) is 51.0 Å². The number of imidazole rings is 1. The fraction of sp³-hybridized carbons (Fsp3) is 0.323. The SMILES string of the molecule is O=C(Nc1ccc(OC2(C(=O)O)CC2)cc1F)C(C1CCCCC1)n1c(-c2ccc(Cl)cc2)nc2cc(F)c(F)cc21. The maximum Gasteiger partial charge on any atom is 0.348 e. The Bertz CT molecular complexity index is 1680. The van der Waals surface area contributed by atoms with E-state index >= 15 is 4.39 Å². The van der Waals surface area contributed by atoms with Crippen LogP contribution in [0.2, 0.25) is 5.02 Å². The van der Waals surface area contributed by atoms with Gasteiger partial charge in [-0.25, -0.2) is 22.9 Å². The number of aromatic nitrogens is 2. The third-order valence-corrected chi connectivity index (χ3v) is 8.33. The Kier molecular flexibility index (Phi) is 7.34. The lowest BCUT2D eigenvalue weighted by atomic mass is 9.83. The number of carboxylic acids is 1. The van der Waals surface area contributed by atoms with E-state index in [-0.39, 0.29) is 28.4 Å². The molecule has 7 nitrogen and oxygen atoms in total. The summed E-state index contributed by atoms with van der Waals surface area (Å²) in [6.07, 6.45) is 4.82. The number of hydrogen-bond donors (Lipinski definition) is 2. The minimum Gasteiger partial charge on any atom is -0.478 e. The molecular formula is C31H27ClF3N3O4. The van der Waals surface area contributed by atoms with Crippen molar-refractivity contribution in [1.29, 1.82) is 0 Å². The van der Waals surface area contributed by atoms with Crippen LogP contribution < -0.4 is 10.1 Å². The van der Waals surface area contributed by atoms with Gasteiger partial charge in [-0.1, -0.05) is 30.9 Å². The molecule has 1 amide bonds. The molecular weight excluding hydrogens is 571 g/mol. The van der Waals surface area contributed by atoms with Crippen molar-refractivity contribution in [3.8, 4) is 17.1 Å². The van der Waals surface area contributed by atoms with Crippen molar-refractivity contribution in [2.75, 3.05) is 5.32 Å². The lowest BCUT2D eigenvalue weighted by molar-refractivity contribution is -0.147. The predicted octanol–water partition coefficient (Wildman–Crippen LogP) is 7.53. The largest absolute Gasteiger partial charge is 0.478 e. The number of rotatable bonds is 8. The molecule has 1 unspecified atom stereocenters. The van der Waals surface area contributed by atoms with Crippen LogP contribution in [0.5, 0.6) is 5.75 Å². The number of benzene rings is 3. The van der Waals surface area contributed by atoms with Gasteiger partial charge in [-0.3, -0.25) is 4.79 Å². The third kappa shape index (κ3) is 5.31. The second-order valence-electron chi connectivity index (χ2n) is 10.9. The minimum absolute atomic E-state index is 0.0392. The van der Waals surface area contributed by atoms with E-state index in [0.717, 1.165) is 37.5 Å². The monoisotopic (exact) mass is 597 g/mol. The summed E-state index contributed by atoms with van der Waals surface area (Å²) in [5.74, 6) is -4.42. The van der Waals surface area contributed by atoms with Crippen LogP contribution in [0.25, 0.3) is 22.4 Å². The Morgan fingerprint density at radius 1 is 0.976 bits per heavy atom. The average molecular weight is 598 g/mol. The molecule has 4 aromatic rings. The predicted molar refractivity (Wildman–Crippen MR) is 151 cm³/mol. The summed E-state index contributed by atoms with van der Waals surface area (Å²) in [6, 6.07) is 11.6. The fourth-order valence-corrected chi connectivity index (χ4v) is 5.86. The van der Waals surface area contributed by atoms with Gasteiger partial charge in [0.15, 0.2) is 11.6 Å². The van der Waals surface area contributed by atoms with Crippen LogP contribution in [0.15, 0.2) is 54.6 Å². The van der Waals surface area contributed by atoms with Crippen molar-refractivity contribution in [2.45, 2.75) is 56.6 Å². The number of halogens is 4. The molecule has 2 fully saturated rings. The standard InChI is InChI=1S/C31H27ClF3N3O4/c32-19-8-6-18(7-9-19)28-36-25-15-21(33)22(34)16-26(25)38(28)27(17-4-2-1-3-5-17)29(39)37-24-11-10-20(14-23(24)35)42-31(12-13-31)30(40)41/h6-11,14-17,27H,1-5,12-13H2,(H,37,39)(H,40,41). The quantitative estimate of drug-likeness (QED) is 0.219. The van der Waals surface area contributed by atoms with Crippen LogP contribution in [0, 0.1) is 23.4 Å². The van der Waals surface area contributed by atoms with Crippen molar-refractivity contribution in [2.24, 2.45) is 5.92 Å². The van der Waals surface area contributed by atoms with Crippen LogP contribution in [0.3, 0.4) is 0 Å². The number of anilines is 1. The van der Waals surface area contributed by atoms with Crippen molar-refractivity contribution in [3.05, 3.63) is 77.1 Å². The molecule has 11 heteroatoms. The Labute approximate surface area is 244 Å². The number of amides is 1. The van der Waals surface area contributed by atoms with Crippen molar-refractivity contribution < 1.29 is 32.6 Å². The molecule has 42 heavy (non-hydrogen) atoms. The van der Waals surface area contributed by atoms with E-state index in [0.29, 0.717) is 42.1 Å². The Hall–Kier alpha value is -4.05. The zero-order chi connectivity index (χ0) is 29.6. The van der Waals surface area contributed by atoms with E-state index in [1.165, 1.54) is 12.1 Å². The first-order valence-corrected chi connectivity index (χ1v) is 14.2. The number of hydrogen-bond acceptors (Lipinski definition) is 4. The molecule has 1 atom stereocenters. The molecule has 218 valence electrons. The molecule has 2 aliphatic rings. The molecule has 3 aromatic carbocycles. The maximum atomic E-state index is 15.2. The van der Waals surface area contributed by atoms with E-state index in [9.17, 15) is 23.5 Å². The number of nitrogens with one attached hydrogen (secondary N) is 1. The second-order valence-corrected chi connectivity index (χ2v) is 11.4. The maximum absolute atomic E-state index is 15.2. The normalized spacial score (nSPS) is 17.1. The first kappa shape index (κ1) is 28.1. The van der Waals surface area contributed by atoms with Crippen LogP contribution in [-0.4, -0.2) is 32.1 Å². The van der Waals surface area contributed by atoms with Gasteiger partial charge in [0, 0.05) is 41.6 Å². The minimum atomic E-state index is -1.35. The number of nitrogens with zero attached hydrogens (tertiary/aromatic N) is 2. The molecule has 0 bridgehead atoms. The van der Waals surface area contributed by atoms with Gasteiger partial charge in [0.1, 0.15) is 23.4 Å². The number of carbonyl (C=O) groups excluding carboxylic acids is 1. The molecule has 0 radical (unpaired) electrons. The lowest BCUT2D eigenvalue weighted by Gasteiger charge is -2.32. The van der Waals surface area contributed by atoms with Crippen molar-refractivity contribution >= 4 is 40.2 Å². The Balaban J connectivity index is 1.41. The van der Waals surface area contributed by atoms with E-state index < -0.39 is 41.0 Å². The van der Waals surface area contributed by atoms with Gasteiger partial charge in [0.2, 0.25) is 11.5 Å². The summed E-state index contributed by atoms with van der Waals surface area (Å²) in [5.41, 5.74) is -0.476. The van der Waals surface area contributed by atoms with Gasteiger partial charge in [-0.05, 0) is 55.2 Å². The van der Waals surface area contributed by atoms with Gasteiger partial charge < -0.3 is 19.7 Å². The molecule has 1 aromatic heterocycles. The lowest BCUT2D eigenvalue weighted by Crippen LogP contribution is -2.34. The zero-order valence-electron chi connectivity index (χ0n) is 22.4. The van der Waals surface area contributed by atoms with E-state index in [4.69, 9.17) is 16.3 Å². The van der Waals surface area contributed by atoms with Crippen molar-refractivity contribution in [1.82, 2.24) is 9.55 Å². The molecule has 0 spiro atoms. The zero-order valence-corrected chi connectivity index (χ0v) is 23.1. The second kappa shape index (κ2) is 11.0. The summed E-state index contributed by atoms with van der Waals surface area (Å²) >= 11 is 6.10. The summed E-state index contributed by atoms with van der Waals surface area (Å²) < 4.78 is 51.2. The highest BCUT2D eigenvalue weighted by Gasteiger charge is 2.53. The number of fused-ring (bicyclic) bond motifs is 1. The Morgan fingerprint density at radius 3 is 2.31 bits per heavy atom. The first-order chi connectivity index (χ1) is 20.1.